The van der Waals surface area contributed by atoms with Crippen molar-refractivity contribution < 1.29 is 37.7 Å². The monoisotopic (exact) mass is 621 g/mol. The van der Waals surface area contributed by atoms with Gasteiger partial charge in [0.1, 0.15) is 6.10 Å². The number of fused-ring (bicyclic) bond motifs is 1. The Balaban J connectivity index is 1.37. The number of rotatable bonds is 10. The highest BCUT2D eigenvalue weighted by atomic mass is 19.4. The highest BCUT2D eigenvalue weighted by Gasteiger charge is 2.57. The number of β-amino-alcohol motifs (C(OH)–C–C–N with tert-alkyl or cyclic N) is 1. The minimum Gasteiger partial charge on any atom is -0.493 e. The van der Waals surface area contributed by atoms with Gasteiger partial charge in [-0.2, -0.15) is 18.4 Å². The topological polar surface area (TPSA) is 108 Å². The molecule has 0 radical (unpaired) electrons. The maximum atomic E-state index is 14.9. The first-order valence-corrected chi connectivity index (χ1v) is 14.6. The number of hydrogen-bond donors (Lipinski definition) is 2. The zero-order chi connectivity index (χ0) is 32.4. The molecule has 0 amide bonds. The predicted octanol–water partition coefficient (Wildman–Crippen LogP) is 5.80. The minimum atomic E-state index is -4.98. The number of carboxylic acids is 1. The van der Waals surface area contributed by atoms with Crippen LogP contribution in [0.5, 0.6) is 11.5 Å². The van der Waals surface area contributed by atoms with Crippen LogP contribution < -0.4 is 9.47 Å². The number of likely N-dealkylation sites (tertiary alicyclic amines) is 1. The van der Waals surface area contributed by atoms with Crippen LogP contribution in [-0.4, -0.2) is 64.7 Å². The van der Waals surface area contributed by atoms with Crippen LogP contribution in [0.1, 0.15) is 40.7 Å². The van der Waals surface area contributed by atoms with Gasteiger partial charge >= 0.3 is 12.1 Å². The Labute approximate surface area is 258 Å². The Morgan fingerprint density at radius 3 is 2.44 bits per heavy atom. The summed E-state index contributed by atoms with van der Waals surface area (Å²) in [6.07, 6.45) is -3.27. The number of piperidine rings is 1. The molecular formula is C34H34F3N3O5. The van der Waals surface area contributed by atoms with E-state index in [4.69, 9.17) is 14.6 Å². The fourth-order valence-corrected chi connectivity index (χ4v) is 5.94. The molecule has 1 fully saturated rings. The number of aliphatic carboxylic acids is 1. The number of hydrogen-bond acceptors (Lipinski definition) is 6. The second-order valence-electron chi connectivity index (χ2n) is 11.5. The van der Waals surface area contributed by atoms with Crippen LogP contribution in [0.4, 0.5) is 13.2 Å². The van der Waals surface area contributed by atoms with Gasteiger partial charge in [0.05, 0.1) is 30.7 Å². The van der Waals surface area contributed by atoms with E-state index >= 15 is 0 Å². The Hall–Kier alpha value is -4.53. The van der Waals surface area contributed by atoms with Gasteiger partial charge in [-0.15, -0.1) is 0 Å². The van der Waals surface area contributed by atoms with E-state index in [2.05, 4.69) is 6.07 Å². The number of nitriles is 1. The lowest BCUT2D eigenvalue weighted by Gasteiger charge is -2.39. The lowest BCUT2D eigenvalue weighted by Crippen LogP contribution is -2.53. The van der Waals surface area contributed by atoms with Crippen molar-refractivity contribution in [2.45, 2.75) is 50.6 Å². The van der Waals surface area contributed by atoms with E-state index in [0.717, 1.165) is 11.1 Å². The molecule has 8 nitrogen and oxygen atoms in total. The molecule has 1 aliphatic heterocycles. The van der Waals surface area contributed by atoms with Gasteiger partial charge in [0, 0.05) is 43.3 Å². The lowest BCUT2D eigenvalue weighted by molar-refractivity contribution is -0.272. The molecule has 1 atom stereocenters. The van der Waals surface area contributed by atoms with Crippen LogP contribution in [0, 0.1) is 18.3 Å². The maximum absolute atomic E-state index is 14.9. The summed E-state index contributed by atoms with van der Waals surface area (Å²) >= 11 is 0. The third-order valence-electron chi connectivity index (χ3n) is 8.23. The van der Waals surface area contributed by atoms with Gasteiger partial charge in [-0.3, -0.25) is 9.69 Å². The molecule has 4 aromatic rings. The molecule has 0 saturated carbocycles. The average Bonchev–Trinajstić information content (AvgIpc) is 3.35. The van der Waals surface area contributed by atoms with E-state index < -0.39 is 24.3 Å². The van der Waals surface area contributed by atoms with E-state index in [1.54, 1.807) is 33.7 Å². The number of nitrogens with zero attached hydrogens (tertiary/aromatic N) is 3. The number of benzene rings is 3. The molecule has 0 aliphatic carbocycles. The van der Waals surface area contributed by atoms with Crippen molar-refractivity contribution in [2.75, 3.05) is 26.7 Å². The van der Waals surface area contributed by atoms with E-state index in [1.165, 1.54) is 25.4 Å². The molecule has 11 heteroatoms. The second kappa shape index (κ2) is 12.8. The van der Waals surface area contributed by atoms with Crippen LogP contribution in [0.3, 0.4) is 0 Å². The van der Waals surface area contributed by atoms with Crippen LogP contribution in [0.2, 0.25) is 0 Å². The molecule has 1 aliphatic rings. The van der Waals surface area contributed by atoms with Gasteiger partial charge in [0.2, 0.25) is 5.60 Å². The fraction of sp³-hybridized carbons (Fsp3) is 0.353. The summed E-state index contributed by atoms with van der Waals surface area (Å²) in [5.41, 5.74) is -0.245. The van der Waals surface area contributed by atoms with Crippen molar-refractivity contribution in [3.8, 4) is 17.6 Å². The van der Waals surface area contributed by atoms with Crippen molar-refractivity contribution in [1.82, 2.24) is 9.47 Å². The van der Waals surface area contributed by atoms with E-state index in [9.17, 15) is 28.3 Å². The number of carboxylic acid groups (broad SMARTS) is 1. The van der Waals surface area contributed by atoms with Crippen molar-refractivity contribution in [3.63, 3.8) is 0 Å². The zero-order valence-corrected chi connectivity index (χ0v) is 25.0. The zero-order valence-electron chi connectivity index (χ0n) is 25.0. The molecule has 1 aromatic heterocycles. The lowest BCUT2D eigenvalue weighted by atomic mass is 9.90. The Kier molecular flexibility index (Phi) is 9.09. The summed E-state index contributed by atoms with van der Waals surface area (Å²) in [6.45, 7) is 2.04. The van der Waals surface area contributed by atoms with Gasteiger partial charge in [-0.1, -0.05) is 42.0 Å². The molecule has 0 bridgehead atoms. The van der Waals surface area contributed by atoms with Crippen LogP contribution in [-0.2, 0) is 23.4 Å². The fourth-order valence-electron chi connectivity index (χ4n) is 5.94. The number of aromatic nitrogens is 1. The van der Waals surface area contributed by atoms with Gasteiger partial charge in [-0.05, 0) is 55.2 Å². The van der Waals surface area contributed by atoms with Crippen LogP contribution >= 0.6 is 0 Å². The number of alkyl halides is 3. The van der Waals surface area contributed by atoms with Gasteiger partial charge in [0.15, 0.2) is 11.5 Å². The first-order valence-electron chi connectivity index (χ1n) is 14.6. The first kappa shape index (κ1) is 31.9. The molecule has 1 unspecified atom stereocenters. The second-order valence-corrected chi connectivity index (χ2v) is 11.5. The highest BCUT2D eigenvalue weighted by Crippen LogP contribution is 2.44. The number of halogens is 3. The molecule has 2 N–H and O–H groups in total. The van der Waals surface area contributed by atoms with Gasteiger partial charge in [0.25, 0.3) is 0 Å². The van der Waals surface area contributed by atoms with E-state index in [0.29, 0.717) is 41.0 Å². The van der Waals surface area contributed by atoms with Crippen molar-refractivity contribution in [3.05, 3.63) is 94.7 Å². The number of ether oxygens (including phenoxy) is 2. The molecule has 1 saturated heterocycles. The molecule has 2 heterocycles. The standard InChI is InChI=1S/C34H34F3N3O5/c1-22-4-3-5-25(14-22)19-40-20-28(27-8-6-24(18-38)15-29(27)40)33(43,34(35,36)37)21-39-12-10-26(11-13-39)45-30-9-7-23(17-32(41)42)16-31(30)44-2/h3-9,14-16,20,26,43H,10-13,17,19,21H2,1-2H3,(H,41,42). The molecule has 0 spiro atoms. The summed E-state index contributed by atoms with van der Waals surface area (Å²) < 4.78 is 57.7. The SMILES string of the molecule is COc1cc(CC(=O)O)ccc1OC1CCN(CC(O)(c2cn(Cc3cccc(C)c3)c3cc(C#N)ccc23)C(F)(F)F)CC1. The van der Waals surface area contributed by atoms with Crippen molar-refractivity contribution in [1.29, 1.82) is 5.26 Å². The predicted molar refractivity (Wildman–Crippen MR) is 161 cm³/mol. The quantitative estimate of drug-likeness (QED) is 0.231. The summed E-state index contributed by atoms with van der Waals surface area (Å²) in [6, 6.07) is 19.0. The molecular weight excluding hydrogens is 587 g/mol. The Morgan fingerprint density at radius 1 is 1.04 bits per heavy atom. The van der Waals surface area contributed by atoms with E-state index in [-0.39, 0.29) is 43.1 Å². The molecule has 236 valence electrons. The largest absolute Gasteiger partial charge is 0.493 e. The third-order valence-corrected chi connectivity index (χ3v) is 8.23. The molecule has 3 aromatic carbocycles. The summed E-state index contributed by atoms with van der Waals surface area (Å²) in [5.74, 6) is -0.168. The Bertz CT molecular complexity index is 1740. The summed E-state index contributed by atoms with van der Waals surface area (Å²) in [4.78, 5) is 12.6. The van der Waals surface area contributed by atoms with E-state index in [1.807, 2.05) is 31.2 Å². The summed E-state index contributed by atoms with van der Waals surface area (Å²) in [7, 11) is 1.45. The number of aryl methyl sites for hydroxylation is 1. The average molecular weight is 622 g/mol. The molecule has 45 heavy (non-hydrogen) atoms. The smallest absolute Gasteiger partial charge is 0.422 e. The number of aliphatic hydroxyl groups is 1. The van der Waals surface area contributed by atoms with Gasteiger partial charge in [-0.25, -0.2) is 0 Å². The van der Waals surface area contributed by atoms with Gasteiger partial charge < -0.3 is 24.3 Å². The number of carbonyl (C=O) groups is 1. The highest BCUT2D eigenvalue weighted by molar-refractivity contribution is 5.86. The van der Waals surface area contributed by atoms with Crippen LogP contribution in [0.25, 0.3) is 10.9 Å². The maximum Gasteiger partial charge on any atom is 0.422 e. The van der Waals surface area contributed by atoms with Crippen molar-refractivity contribution in [2.24, 2.45) is 0 Å². The third kappa shape index (κ3) is 6.92. The molecule has 5 rings (SSSR count). The number of methoxy groups -OCH3 is 1. The van der Waals surface area contributed by atoms with Crippen molar-refractivity contribution >= 4 is 16.9 Å². The van der Waals surface area contributed by atoms with Crippen LogP contribution in [0.15, 0.2) is 66.9 Å². The normalized spacial score (nSPS) is 15.8. The summed E-state index contributed by atoms with van der Waals surface area (Å²) in [5, 5.41) is 30.3. The first-order chi connectivity index (χ1) is 21.4. The Morgan fingerprint density at radius 2 is 1.80 bits per heavy atom. The minimum absolute atomic E-state index is 0.165.